The van der Waals surface area contributed by atoms with E-state index >= 15 is 0 Å². The van der Waals surface area contributed by atoms with Crippen LogP contribution in [0.3, 0.4) is 0 Å². The molecule has 0 aliphatic carbocycles. The minimum Gasteiger partial charge on any atom is -0.488 e. The molecular formula is C20H18ClNO6S. The number of rotatable bonds is 9. The normalized spacial score (nSPS) is 11.2. The summed E-state index contributed by atoms with van der Waals surface area (Å²) in [6, 6.07) is 15.9. The molecule has 1 N–H and O–H groups in total. The van der Waals surface area contributed by atoms with E-state index in [0.717, 1.165) is 0 Å². The minimum atomic E-state index is -3.82. The van der Waals surface area contributed by atoms with Gasteiger partial charge >= 0.3 is 5.97 Å². The lowest BCUT2D eigenvalue weighted by Crippen LogP contribution is -2.23. The summed E-state index contributed by atoms with van der Waals surface area (Å²) >= 11 is 5.98. The van der Waals surface area contributed by atoms with Gasteiger partial charge in [-0.3, -0.25) is 0 Å². The molecule has 3 rings (SSSR count). The molecule has 0 unspecified atom stereocenters. The van der Waals surface area contributed by atoms with Crippen LogP contribution in [0.2, 0.25) is 5.02 Å². The fraction of sp³-hybridized carbons (Fsp3) is 0.150. The number of furan rings is 1. The molecule has 3 aromatic rings. The van der Waals surface area contributed by atoms with Gasteiger partial charge in [0.2, 0.25) is 10.0 Å². The Morgan fingerprint density at radius 1 is 1.03 bits per heavy atom. The SMILES string of the molecule is O=C(OCCOc1ccccc1Cl)c1cccc(S(=O)(=O)NCc2ccco2)c1. The Labute approximate surface area is 173 Å². The van der Waals surface area contributed by atoms with Gasteiger partial charge in [0.25, 0.3) is 0 Å². The largest absolute Gasteiger partial charge is 0.488 e. The fourth-order valence-electron chi connectivity index (χ4n) is 2.38. The Morgan fingerprint density at radius 3 is 2.62 bits per heavy atom. The molecule has 2 aromatic carbocycles. The number of halogens is 1. The quantitative estimate of drug-likeness (QED) is 0.407. The number of para-hydroxylation sites is 1. The van der Waals surface area contributed by atoms with E-state index in [2.05, 4.69) is 4.72 Å². The maximum absolute atomic E-state index is 12.4. The Hall–Kier alpha value is -2.81. The molecule has 0 amide bonds. The number of nitrogens with one attached hydrogen (secondary N) is 1. The highest BCUT2D eigenvalue weighted by molar-refractivity contribution is 7.89. The molecule has 0 aliphatic heterocycles. The molecule has 0 fully saturated rings. The van der Waals surface area contributed by atoms with Gasteiger partial charge in [-0.05, 0) is 42.5 Å². The molecule has 0 radical (unpaired) electrons. The van der Waals surface area contributed by atoms with E-state index in [-0.39, 0.29) is 30.2 Å². The summed E-state index contributed by atoms with van der Waals surface area (Å²) in [6.45, 7) is 0.0966. The van der Waals surface area contributed by atoms with Crippen LogP contribution in [0.4, 0.5) is 0 Å². The smallest absolute Gasteiger partial charge is 0.338 e. The molecule has 29 heavy (non-hydrogen) atoms. The molecule has 1 aromatic heterocycles. The van der Waals surface area contributed by atoms with E-state index in [1.807, 2.05) is 0 Å². The molecule has 0 atom stereocenters. The van der Waals surface area contributed by atoms with Crippen molar-refractivity contribution in [2.45, 2.75) is 11.4 Å². The maximum atomic E-state index is 12.4. The summed E-state index contributed by atoms with van der Waals surface area (Å²) in [4.78, 5) is 12.2. The van der Waals surface area contributed by atoms with Crippen molar-refractivity contribution in [3.05, 3.63) is 83.3 Å². The number of ether oxygens (including phenoxy) is 2. The number of benzene rings is 2. The second-order valence-corrected chi connectivity index (χ2v) is 8.02. The first kappa shape index (κ1) is 20.9. The van der Waals surface area contributed by atoms with Crippen molar-refractivity contribution < 1.29 is 27.1 Å². The maximum Gasteiger partial charge on any atom is 0.338 e. The van der Waals surface area contributed by atoms with E-state index in [4.69, 9.17) is 25.5 Å². The number of hydrogen-bond donors (Lipinski definition) is 1. The lowest BCUT2D eigenvalue weighted by Gasteiger charge is -2.10. The summed E-state index contributed by atoms with van der Waals surface area (Å²) in [5, 5.41) is 0.457. The van der Waals surface area contributed by atoms with Crippen LogP contribution in [0.25, 0.3) is 0 Å². The highest BCUT2D eigenvalue weighted by atomic mass is 35.5. The van der Waals surface area contributed by atoms with Gasteiger partial charge in [0.1, 0.15) is 24.7 Å². The number of carbonyl (C=O) groups excluding carboxylic acids is 1. The van der Waals surface area contributed by atoms with Crippen molar-refractivity contribution in [3.63, 3.8) is 0 Å². The molecule has 0 bridgehead atoms. The van der Waals surface area contributed by atoms with Crippen LogP contribution in [-0.4, -0.2) is 27.6 Å². The Bertz CT molecular complexity index is 1070. The van der Waals surface area contributed by atoms with Gasteiger partial charge in [-0.1, -0.05) is 29.8 Å². The van der Waals surface area contributed by atoms with Crippen LogP contribution < -0.4 is 9.46 Å². The zero-order chi connectivity index (χ0) is 20.7. The van der Waals surface area contributed by atoms with Crippen molar-refractivity contribution in [1.82, 2.24) is 4.72 Å². The summed E-state index contributed by atoms with van der Waals surface area (Å²) in [6.07, 6.45) is 1.45. The third-order valence-electron chi connectivity index (χ3n) is 3.81. The van der Waals surface area contributed by atoms with E-state index < -0.39 is 16.0 Å². The standard InChI is InChI=1S/C20H18ClNO6S/c21-18-8-1-2-9-19(18)27-11-12-28-20(23)15-5-3-7-17(13-15)29(24,25)22-14-16-6-4-10-26-16/h1-10,13,22H,11-12,14H2. The summed E-state index contributed by atoms with van der Waals surface area (Å²) in [5.74, 6) is 0.305. The number of hydrogen-bond acceptors (Lipinski definition) is 6. The van der Waals surface area contributed by atoms with Crippen LogP contribution in [0.5, 0.6) is 5.75 Å². The lowest BCUT2D eigenvalue weighted by atomic mass is 10.2. The van der Waals surface area contributed by atoms with Crippen LogP contribution in [-0.2, 0) is 21.3 Å². The van der Waals surface area contributed by atoms with Crippen molar-refractivity contribution >= 4 is 27.6 Å². The van der Waals surface area contributed by atoms with Gasteiger partial charge < -0.3 is 13.9 Å². The van der Waals surface area contributed by atoms with E-state index in [1.54, 1.807) is 36.4 Å². The zero-order valence-corrected chi connectivity index (χ0v) is 16.8. The highest BCUT2D eigenvalue weighted by Crippen LogP contribution is 2.22. The third kappa shape index (κ3) is 5.83. The zero-order valence-electron chi connectivity index (χ0n) is 15.2. The minimum absolute atomic E-state index is 0.00336. The third-order valence-corrected chi connectivity index (χ3v) is 5.52. The van der Waals surface area contributed by atoms with Crippen molar-refractivity contribution in [2.75, 3.05) is 13.2 Å². The summed E-state index contributed by atoms with van der Waals surface area (Å²) in [7, 11) is -3.82. The van der Waals surface area contributed by atoms with Crippen molar-refractivity contribution in [3.8, 4) is 5.75 Å². The first-order valence-electron chi connectivity index (χ1n) is 8.62. The molecular weight excluding hydrogens is 418 g/mol. The van der Waals surface area contributed by atoms with E-state index in [9.17, 15) is 13.2 Å². The first-order chi connectivity index (χ1) is 14.0. The van der Waals surface area contributed by atoms with Gasteiger partial charge in [0.05, 0.1) is 28.3 Å². The van der Waals surface area contributed by atoms with Crippen molar-refractivity contribution in [2.24, 2.45) is 0 Å². The van der Waals surface area contributed by atoms with E-state index in [0.29, 0.717) is 16.5 Å². The molecule has 1 heterocycles. The van der Waals surface area contributed by atoms with Gasteiger partial charge in [-0.15, -0.1) is 0 Å². The lowest BCUT2D eigenvalue weighted by molar-refractivity contribution is 0.0450. The van der Waals surface area contributed by atoms with Crippen molar-refractivity contribution in [1.29, 1.82) is 0 Å². The number of sulfonamides is 1. The van der Waals surface area contributed by atoms with Crippen LogP contribution in [0, 0.1) is 0 Å². The molecule has 0 aliphatic rings. The van der Waals surface area contributed by atoms with Crippen LogP contribution >= 0.6 is 11.6 Å². The van der Waals surface area contributed by atoms with Gasteiger partial charge in [0.15, 0.2) is 0 Å². The average Bonchev–Trinajstić information content (AvgIpc) is 3.25. The predicted molar refractivity (Wildman–Crippen MR) is 106 cm³/mol. The number of esters is 1. The second kappa shape index (κ2) is 9.60. The van der Waals surface area contributed by atoms with Gasteiger partial charge in [0, 0.05) is 0 Å². The summed E-state index contributed by atoms with van der Waals surface area (Å²) < 4.78 is 42.9. The fourth-order valence-corrected chi connectivity index (χ4v) is 3.61. The molecule has 7 nitrogen and oxygen atoms in total. The Kier molecular flexibility index (Phi) is 6.92. The number of carbonyl (C=O) groups is 1. The molecule has 0 saturated heterocycles. The first-order valence-corrected chi connectivity index (χ1v) is 10.5. The second-order valence-electron chi connectivity index (χ2n) is 5.85. The predicted octanol–water partition coefficient (Wildman–Crippen LogP) is 3.65. The van der Waals surface area contributed by atoms with E-state index in [1.165, 1.54) is 30.5 Å². The van der Waals surface area contributed by atoms with Crippen LogP contribution in [0.15, 0.2) is 76.2 Å². The summed E-state index contributed by atoms with van der Waals surface area (Å²) in [5.41, 5.74) is 0.114. The van der Waals surface area contributed by atoms with Crippen LogP contribution in [0.1, 0.15) is 16.1 Å². The monoisotopic (exact) mass is 435 g/mol. The van der Waals surface area contributed by atoms with Gasteiger partial charge in [-0.2, -0.15) is 0 Å². The highest BCUT2D eigenvalue weighted by Gasteiger charge is 2.17. The molecule has 9 heteroatoms. The molecule has 0 saturated carbocycles. The Balaban J connectivity index is 1.55. The topological polar surface area (TPSA) is 94.8 Å². The Morgan fingerprint density at radius 2 is 1.86 bits per heavy atom. The molecule has 0 spiro atoms. The molecule has 152 valence electrons. The van der Waals surface area contributed by atoms with Gasteiger partial charge in [-0.25, -0.2) is 17.9 Å². The average molecular weight is 436 g/mol.